The number of nitrogens with zero attached hydrogens (tertiary/aromatic N) is 2. The maximum absolute atomic E-state index is 13.7. The molecule has 0 bridgehead atoms. The van der Waals surface area contributed by atoms with Crippen LogP contribution in [0.1, 0.15) is 36.1 Å². The molecule has 0 radical (unpaired) electrons. The van der Waals surface area contributed by atoms with Gasteiger partial charge in [-0.25, -0.2) is 9.40 Å². The Morgan fingerprint density at radius 3 is 2.84 bits per heavy atom. The van der Waals surface area contributed by atoms with Crippen molar-refractivity contribution in [3.63, 3.8) is 0 Å². The maximum atomic E-state index is 13.7. The van der Waals surface area contributed by atoms with Gasteiger partial charge in [-0.1, -0.05) is 12.1 Å². The fourth-order valence-corrected chi connectivity index (χ4v) is 3.92. The van der Waals surface area contributed by atoms with Gasteiger partial charge in [0.25, 0.3) is 0 Å². The lowest BCUT2D eigenvalue weighted by Gasteiger charge is -2.29. The van der Waals surface area contributed by atoms with E-state index in [1.807, 2.05) is 24.3 Å². The van der Waals surface area contributed by atoms with Gasteiger partial charge in [-0.3, -0.25) is 4.79 Å². The molecule has 0 unspecified atom stereocenters. The average Bonchev–Trinajstić information content (AvgIpc) is 3.01. The van der Waals surface area contributed by atoms with Crippen LogP contribution >= 0.6 is 0 Å². The predicted octanol–water partition coefficient (Wildman–Crippen LogP) is 3.70. The van der Waals surface area contributed by atoms with Gasteiger partial charge in [0.05, 0.1) is 18.9 Å². The monoisotopic (exact) mass is 338 g/mol. The highest BCUT2D eigenvalue weighted by Crippen LogP contribution is 2.43. The highest BCUT2D eigenvalue weighted by molar-refractivity contribution is 6.06. The second kappa shape index (κ2) is 5.99. The minimum absolute atomic E-state index is 0.0756. The molecule has 1 amide bonds. The predicted molar refractivity (Wildman–Crippen MR) is 93.0 cm³/mol. The average molecular weight is 338 g/mol. The number of halogens is 1. The molecule has 0 aromatic heterocycles. The molecule has 5 heteroatoms. The summed E-state index contributed by atoms with van der Waals surface area (Å²) >= 11 is 0. The van der Waals surface area contributed by atoms with Gasteiger partial charge in [-0.15, -0.1) is 0 Å². The molecule has 4 nitrogen and oxygen atoms in total. The van der Waals surface area contributed by atoms with E-state index in [4.69, 9.17) is 4.74 Å². The summed E-state index contributed by atoms with van der Waals surface area (Å²) in [6.45, 7) is 1.50. The van der Waals surface area contributed by atoms with Gasteiger partial charge in [0.2, 0.25) is 5.91 Å². The summed E-state index contributed by atoms with van der Waals surface area (Å²) in [6.07, 6.45) is 1.75. The molecule has 0 fully saturated rings. The summed E-state index contributed by atoms with van der Waals surface area (Å²) in [5.41, 5.74) is 3.93. The molecule has 2 aromatic rings. The van der Waals surface area contributed by atoms with Crippen molar-refractivity contribution < 1.29 is 13.9 Å². The van der Waals surface area contributed by atoms with Crippen LogP contribution in [0.3, 0.4) is 0 Å². The highest BCUT2D eigenvalue weighted by atomic mass is 19.1. The number of rotatable bonds is 2. The molecule has 0 saturated heterocycles. The van der Waals surface area contributed by atoms with Crippen LogP contribution in [0.25, 0.3) is 0 Å². The lowest BCUT2D eigenvalue weighted by molar-refractivity contribution is -0.131. The van der Waals surface area contributed by atoms with Crippen LogP contribution in [-0.4, -0.2) is 23.7 Å². The number of fused-ring (bicyclic) bond motifs is 3. The number of amides is 1. The summed E-state index contributed by atoms with van der Waals surface area (Å²) in [4.78, 5) is 12.2. The largest absolute Gasteiger partial charge is 0.497 e. The maximum Gasteiger partial charge on any atom is 0.240 e. The molecular formula is C20H19FN2O2. The van der Waals surface area contributed by atoms with Crippen molar-refractivity contribution in [2.45, 2.75) is 25.8 Å². The molecule has 1 heterocycles. The van der Waals surface area contributed by atoms with Crippen molar-refractivity contribution >= 4 is 11.6 Å². The van der Waals surface area contributed by atoms with E-state index in [9.17, 15) is 9.18 Å². The van der Waals surface area contributed by atoms with Crippen LogP contribution in [0.2, 0.25) is 0 Å². The van der Waals surface area contributed by atoms with Gasteiger partial charge in [-0.2, -0.15) is 5.10 Å². The fourth-order valence-electron chi connectivity index (χ4n) is 3.92. The first-order chi connectivity index (χ1) is 12.1. The number of carbonyl (C=O) groups excluding carboxylic acids is 1. The van der Waals surface area contributed by atoms with Gasteiger partial charge < -0.3 is 4.74 Å². The van der Waals surface area contributed by atoms with Crippen LogP contribution in [0.4, 0.5) is 4.39 Å². The topological polar surface area (TPSA) is 41.9 Å². The third-order valence-corrected chi connectivity index (χ3v) is 5.04. The molecule has 4 rings (SSSR count). The normalized spacial score (nSPS) is 21.4. The van der Waals surface area contributed by atoms with Crippen LogP contribution in [0.5, 0.6) is 5.75 Å². The molecule has 128 valence electrons. The van der Waals surface area contributed by atoms with Gasteiger partial charge in [-0.05, 0) is 54.3 Å². The quantitative estimate of drug-likeness (QED) is 0.838. The van der Waals surface area contributed by atoms with Crippen molar-refractivity contribution in [1.82, 2.24) is 5.01 Å². The van der Waals surface area contributed by atoms with E-state index in [1.54, 1.807) is 13.2 Å². The van der Waals surface area contributed by atoms with E-state index in [0.29, 0.717) is 0 Å². The minimum atomic E-state index is -0.296. The first-order valence-corrected chi connectivity index (χ1v) is 8.39. The molecule has 1 aliphatic carbocycles. The van der Waals surface area contributed by atoms with Crippen molar-refractivity contribution in [2.75, 3.05) is 7.11 Å². The Morgan fingerprint density at radius 2 is 2.12 bits per heavy atom. The zero-order valence-corrected chi connectivity index (χ0v) is 14.2. The molecule has 0 spiro atoms. The number of hydrogen-bond acceptors (Lipinski definition) is 3. The van der Waals surface area contributed by atoms with Crippen LogP contribution in [-0.2, 0) is 11.2 Å². The summed E-state index contributed by atoms with van der Waals surface area (Å²) in [7, 11) is 1.65. The van der Waals surface area contributed by atoms with E-state index < -0.39 is 0 Å². The zero-order valence-electron chi connectivity index (χ0n) is 14.2. The van der Waals surface area contributed by atoms with Gasteiger partial charge in [0, 0.05) is 18.4 Å². The third kappa shape index (κ3) is 2.60. The van der Waals surface area contributed by atoms with Crippen LogP contribution in [0, 0.1) is 11.7 Å². The molecular weight excluding hydrogens is 319 g/mol. The van der Waals surface area contributed by atoms with Crippen molar-refractivity contribution in [2.24, 2.45) is 11.0 Å². The Hall–Kier alpha value is -2.69. The Bertz CT molecular complexity index is 878. The summed E-state index contributed by atoms with van der Waals surface area (Å²) in [5, 5.41) is 6.14. The van der Waals surface area contributed by atoms with E-state index >= 15 is 0 Å². The smallest absolute Gasteiger partial charge is 0.240 e. The van der Waals surface area contributed by atoms with Crippen LogP contribution in [0.15, 0.2) is 47.6 Å². The van der Waals surface area contributed by atoms with Crippen molar-refractivity contribution in [3.8, 4) is 5.75 Å². The number of carbonyl (C=O) groups is 1. The van der Waals surface area contributed by atoms with Crippen molar-refractivity contribution in [1.29, 1.82) is 0 Å². The number of hydrazone groups is 1. The summed E-state index contributed by atoms with van der Waals surface area (Å²) in [6, 6.07) is 12.2. The third-order valence-electron chi connectivity index (χ3n) is 5.04. The molecule has 2 aromatic carbocycles. The minimum Gasteiger partial charge on any atom is -0.497 e. The summed E-state index contributed by atoms with van der Waals surface area (Å²) in [5.74, 6) is 0.467. The summed E-state index contributed by atoms with van der Waals surface area (Å²) < 4.78 is 19.0. The fraction of sp³-hybridized carbons (Fsp3) is 0.300. The van der Waals surface area contributed by atoms with Gasteiger partial charge in [0.1, 0.15) is 11.6 Å². The molecule has 1 aliphatic heterocycles. The second-order valence-electron chi connectivity index (χ2n) is 6.52. The van der Waals surface area contributed by atoms with E-state index in [1.165, 1.54) is 29.6 Å². The Kier molecular flexibility index (Phi) is 3.79. The second-order valence-corrected chi connectivity index (χ2v) is 6.52. The standard InChI is InChI=1S/C20H19FN2O2/c1-12(24)23-20(14-4-3-5-15(21)10-14)18-8-6-13-11-16(25-2)7-9-17(13)19(18)22-23/h3-5,7,9-11,18,20H,6,8H2,1-2H3/t18-,20-/m1/s1. The van der Waals surface area contributed by atoms with Crippen molar-refractivity contribution in [3.05, 3.63) is 65.0 Å². The Balaban J connectivity index is 1.79. The first kappa shape index (κ1) is 15.8. The van der Waals surface area contributed by atoms with E-state index in [2.05, 4.69) is 5.10 Å². The first-order valence-electron chi connectivity index (χ1n) is 8.39. The number of benzene rings is 2. The van der Waals surface area contributed by atoms with Gasteiger partial charge in [0.15, 0.2) is 0 Å². The number of methoxy groups -OCH3 is 1. The number of hydrogen-bond donors (Lipinski definition) is 0. The van der Waals surface area contributed by atoms with E-state index in [-0.39, 0.29) is 23.7 Å². The SMILES string of the molecule is COc1ccc2c(c1)CC[C@@H]1C2=NN(C(C)=O)[C@@H]1c1cccc(F)c1. The molecule has 2 aliphatic rings. The lowest BCUT2D eigenvalue weighted by atomic mass is 9.77. The number of aryl methyl sites for hydroxylation is 1. The Labute approximate surface area is 145 Å². The lowest BCUT2D eigenvalue weighted by Crippen LogP contribution is -2.31. The molecule has 25 heavy (non-hydrogen) atoms. The zero-order chi connectivity index (χ0) is 17.6. The van der Waals surface area contributed by atoms with E-state index in [0.717, 1.165) is 35.4 Å². The molecule has 2 atom stereocenters. The van der Waals surface area contributed by atoms with Gasteiger partial charge >= 0.3 is 0 Å². The highest BCUT2D eigenvalue weighted by Gasteiger charge is 2.43. The van der Waals surface area contributed by atoms with Crippen LogP contribution < -0.4 is 4.74 Å². The number of ether oxygens (including phenoxy) is 1. The Morgan fingerprint density at radius 1 is 1.28 bits per heavy atom. The molecule has 0 N–H and O–H groups in total. The molecule has 0 saturated carbocycles.